The predicted octanol–water partition coefficient (Wildman–Crippen LogP) is 4.46. The number of aliphatic hydroxyl groups excluding tert-OH is 1. The van der Waals surface area contributed by atoms with Crippen LogP contribution in [0.4, 0.5) is 24.7 Å². The number of amides is 1. The molecule has 1 aromatic carbocycles. The maximum absolute atomic E-state index is 13.8. The summed E-state index contributed by atoms with van der Waals surface area (Å²) in [6.07, 6.45) is -4.54. The molecule has 3 heterocycles. The fourth-order valence-corrected chi connectivity index (χ4v) is 3.90. The second-order valence-electron chi connectivity index (χ2n) is 7.79. The van der Waals surface area contributed by atoms with Crippen LogP contribution in [0.25, 0.3) is 0 Å². The van der Waals surface area contributed by atoms with Gasteiger partial charge in [-0.25, -0.2) is 4.68 Å². The molecule has 1 aliphatic heterocycles. The Balaban J connectivity index is 1.67. The summed E-state index contributed by atoms with van der Waals surface area (Å²) in [6, 6.07) is 4.69. The van der Waals surface area contributed by atoms with E-state index in [4.69, 9.17) is 13.9 Å². The van der Waals surface area contributed by atoms with Crippen molar-refractivity contribution in [1.82, 2.24) is 9.78 Å². The molecule has 0 spiro atoms. The molecule has 0 aliphatic carbocycles. The summed E-state index contributed by atoms with van der Waals surface area (Å²) in [7, 11) is 2.84. The summed E-state index contributed by atoms with van der Waals surface area (Å²) in [6.45, 7) is 1.50. The molecule has 0 fully saturated rings. The molecule has 3 atom stereocenters. The average molecular weight is 480 g/mol. The van der Waals surface area contributed by atoms with Gasteiger partial charge in [0.15, 0.2) is 23.2 Å². The van der Waals surface area contributed by atoms with Crippen LogP contribution >= 0.6 is 0 Å². The molecule has 9 nitrogen and oxygen atoms in total. The van der Waals surface area contributed by atoms with Gasteiger partial charge in [-0.3, -0.25) is 4.79 Å². The molecule has 2 aromatic heterocycles. The van der Waals surface area contributed by atoms with Gasteiger partial charge < -0.3 is 29.6 Å². The Labute approximate surface area is 192 Å². The highest BCUT2D eigenvalue weighted by Crippen LogP contribution is 2.44. The first-order valence-electron chi connectivity index (χ1n) is 10.3. The van der Waals surface area contributed by atoms with E-state index in [0.717, 1.165) is 4.68 Å². The first-order valence-corrected chi connectivity index (χ1v) is 10.3. The first-order chi connectivity index (χ1) is 16.1. The van der Waals surface area contributed by atoms with Crippen LogP contribution in [0.5, 0.6) is 11.5 Å². The minimum Gasteiger partial charge on any atom is -0.493 e. The number of fused-ring (bicyclic) bond motifs is 1. The molecule has 182 valence electrons. The fourth-order valence-electron chi connectivity index (χ4n) is 3.90. The number of anilines is 2. The summed E-state index contributed by atoms with van der Waals surface area (Å²) in [5, 5.41) is 19.6. The number of ether oxygens (including phenoxy) is 2. The van der Waals surface area contributed by atoms with Crippen LogP contribution in [0.1, 0.15) is 53.3 Å². The van der Waals surface area contributed by atoms with Crippen LogP contribution in [0.2, 0.25) is 0 Å². The Morgan fingerprint density at radius 1 is 1.29 bits per heavy atom. The highest BCUT2D eigenvalue weighted by molar-refractivity contribution is 6.04. The van der Waals surface area contributed by atoms with Crippen LogP contribution < -0.4 is 20.1 Å². The molecule has 0 radical (unpaired) electrons. The number of alkyl halides is 3. The van der Waals surface area contributed by atoms with Crippen molar-refractivity contribution in [2.75, 3.05) is 24.9 Å². The van der Waals surface area contributed by atoms with Gasteiger partial charge in [-0.1, -0.05) is 0 Å². The second kappa shape index (κ2) is 8.93. The van der Waals surface area contributed by atoms with Gasteiger partial charge in [0.2, 0.25) is 0 Å². The minimum absolute atomic E-state index is 0.0307. The lowest BCUT2D eigenvalue weighted by Gasteiger charge is -2.32. The van der Waals surface area contributed by atoms with Gasteiger partial charge in [0, 0.05) is 24.1 Å². The number of hydrogen-bond donors (Lipinski definition) is 3. The van der Waals surface area contributed by atoms with E-state index in [1.807, 2.05) is 0 Å². The van der Waals surface area contributed by atoms with Crippen molar-refractivity contribution >= 4 is 17.4 Å². The lowest BCUT2D eigenvalue weighted by molar-refractivity contribution is -0.174. The lowest BCUT2D eigenvalue weighted by atomic mass is 10.0. The summed E-state index contributed by atoms with van der Waals surface area (Å²) < 4.78 is 57.9. The summed E-state index contributed by atoms with van der Waals surface area (Å²) in [5.74, 6) is 0.262. The normalized spacial score (nSPS) is 18.6. The molecule has 0 saturated heterocycles. The number of nitrogens with one attached hydrogen (secondary N) is 2. The monoisotopic (exact) mass is 480 g/mol. The van der Waals surface area contributed by atoms with Crippen LogP contribution in [-0.2, 0) is 0 Å². The highest BCUT2D eigenvalue weighted by atomic mass is 19.4. The Kier molecular flexibility index (Phi) is 6.17. The molecule has 0 unspecified atom stereocenters. The van der Waals surface area contributed by atoms with Crippen molar-refractivity contribution in [3.05, 3.63) is 53.6 Å². The summed E-state index contributed by atoms with van der Waals surface area (Å²) in [5.41, 5.74) is 0.305. The average Bonchev–Trinajstić information content (AvgIpc) is 3.47. The SMILES string of the molecule is COc1cc(NC(=O)c2cc3n(n2)[C@H](C(F)(F)F)C[C@H](c2ccco2)N3)c([C@H](C)O)cc1OC. The molecule has 34 heavy (non-hydrogen) atoms. The predicted molar refractivity (Wildman–Crippen MR) is 115 cm³/mol. The van der Waals surface area contributed by atoms with E-state index in [1.54, 1.807) is 12.1 Å². The van der Waals surface area contributed by atoms with Crippen molar-refractivity contribution in [2.45, 2.75) is 37.7 Å². The number of nitrogens with zero attached hydrogens (tertiary/aromatic N) is 2. The van der Waals surface area contributed by atoms with Gasteiger partial charge in [-0.15, -0.1) is 0 Å². The van der Waals surface area contributed by atoms with E-state index < -0.39 is 30.3 Å². The van der Waals surface area contributed by atoms with E-state index >= 15 is 0 Å². The zero-order valence-corrected chi connectivity index (χ0v) is 18.5. The molecule has 1 amide bonds. The third kappa shape index (κ3) is 4.40. The number of halogens is 3. The van der Waals surface area contributed by atoms with Crippen LogP contribution in [0, 0.1) is 0 Å². The van der Waals surface area contributed by atoms with Crippen LogP contribution in [0.15, 0.2) is 41.0 Å². The number of benzene rings is 1. The Hall–Kier alpha value is -3.67. The third-order valence-corrected chi connectivity index (χ3v) is 5.56. The zero-order chi connectivity index (χ0) is 24.6. The van der Waals surface area contributed by atoms with E-state index in [9.17, 15) is 23.1 Å². The molecule has 4 rings (SSSR count). The standard InChI is InChI=1S/C22H23F3N4O5/c1-11(30)12-7-17(32-2)18(33-3)8-13(12)27-21(31)15-10-20-26-14(16-5-4-6-34-16)9-19(22(23,24)25)29(20)28-15/h4-8,10-11,14,19,26,30H,9H2,1-3H3,(H,27,31)/t11-,14+,19-/m0/s1. The van der Waals surface area contributed by atoms with Gasteiger partial charge in [0.05, 0.1) is 38.3 Å². The van der Waals surface area contributed by atoms with E-state index in [-0.39, 0.29) is 23.6 Å². The smallest absolute Gasteiger partial charge is 0.410 e. The van der Waals surface area contributed by atoms with Crippen molar-refractivity contribution < 1.29 is 37.0 Å². The summed E-state index contributed by atoms with van der Waals surface area (Å²) in [4.78, 5) is 13.0. The first kappa shape index (κ1) is 23.5. The maximum atomic E-state index is 13.8. The van der Waals surface area contributed by atoms with Crippen molar-refractivity contribution in [1.29, 1.82) is 0 Å². The van der Waals surface area contributed by atoms with Gasteiger partial charge in [0.25, 0.3) is 5.91 Å². The summed E-state index contributed by atoms with van der Waals surface area (Å²) >= 11 is 0. The van der Waals surface area contributed by atoms with Crippen molar-refractivity contribution in [3.63, 3.8) is 0 Å². The van der Waals surface area contributed by atoms with Crippen molar-refractivity contribution in [3.8, 4) is 11.5 Å². The number of hydrogen-bond acceptors (Lipinski definition) is 7. The number of aromatic nitrogens is 2. The maximum Gasteiger partial charge on any atom is 0.410 e. The van der Waals surface area contributed by atoms with Crippen LogP contribution in [0.3, 0.4) is 0 Å². The lowest BCUT2D eigenvalue weighted by Crippen LogP contribution is -2.35. The molecule has 12 heteroatoms. The van der Waals surface area contributed by atoms with Gasteiger partial charge in [-0.05, 0) is 25.1 Å². The number of rotatable bonds is 6. The van der Waals surface area contributed by atoms with E-state index in [0.29, 0.717) is 22.8 Å². The quantitative estimate of drug-likeness (QED) is 0.478. The number of aliphatic hydroxyl groups is 1. The van der Waals surface area contributed by atoms with Gasteiger partial charge in [-0.2, -0.15) is 18.3 Å². The molecular weight excluding hydrogens is 457 g/mol. The Morgan fingerprint density at radius 2 is 2.00 bits per heavy atom. The fraction of sp³-hybridized carbons (Fsp3) is 0.364. The molecule has 0 bridgehead atoms. The molecule has 1 aliphatic rings. The number of carbonyl (C=O) groups is 1. The zero-order valence-electron chi connectivity index (χ0n) is 18.5. The molecule has 0 saturated carbocycles. The third-order valence-electron chi connectivity index (χ3n) is 5.56. The van der Waals surface area contributed by atoms with Gasteiger partial charge >= 0.3 is 6.18 Å². The van der Waals surface area contributed by atoms with E-state index in [1.165, 1.54) is 45.6 Å². The van der Waals surface area contributed by atoms with Crippen molar-refractivity contribution in [2.24, 2.45) is 0 Å². The number of furan rings is 1. The largest absolute Gasteiger partial charge is 0.493 e. The Morgan fingerprint density at radius 3 is 2.59 bits per heavy atom. The highest BCUT2D eigenvalue weighted by Gasteiger charge is 2.47. The topological polar surface area (TPSA) is 111 Å². The second-order valence-corrected chi connectivity index (χ2v) is 7.79. The molecule has 3 N–H and O–H groups in total. The van der Waals surface area contributed by atoms with E-state index in [2.05, 4.69) is 15.7 Å². The molecular formula is C22H23F3N4O5. The minimum atomic E-state index is -4.59. The van der Waals surface area contributed by atoms with Crippen LogP contribution in [-0.4, -0.2) is 41.2 Å². The molecule has 3 aromatic rings. The Bertz CT molecular complexity index is 1170. The number of carbonyl (C=O) groups excluding carboxylic acids is 1. The van der Waals surface area contributed by atoms with Gasteiger partial charge in [0.1, 0.15) is 11.6 Å². The number of methoxy groups -OCH3 is 2.